The average molecular weight is 401 g/mol. The summed E-state index contributed by atoms with van der Waals surface area (Å²) in [6.07, 6.45) is 10.4. The van der Waals surface area contributed by atoms with Crippen LogP contribution in [-0.2, 0) is 4.79 Å². The number of nitrogens with one attached hydrogen (secondary N) is 1. The van der Waals surface area contributed by atoms with Crippen molar-refractivity contribution in [1.29, 1.82) is 0 Å². The molecule has 28 heavy (non-hydrogen) atoms. The highest BCUT2D eigenvalue weighted by Crippen LogP contribution is 2.16. The maximum atomic E-state index is 11.9. The Kier molecular flexibility index (Phi) is 10.0. The van der Waals surface area contributed by atoms with Crippen LogP contribution in [0.5, 0.6) is 5.75 Å². The summed E-state index contributed by atoms with van der Waals surface area (Å²) in [6, 6.07) is 10.5. The number of hydrogen-bond acceptors (Lipinski definition) is 5. The van der Waals surface area contributed by atoms with Gasteiger partial charge in [0, 0.05) is 6.42 Å². The van der Waals surface area contributed by atoms with E-state index in [0.29, 0.717) is 17.0 Å². The average Bonchev–Trinajstić information content (AvgIpc) is 3.24. The number of amides is 1. The van der Waals surface area contributed by atoms with E-state index in [4.69, 9.17) is 4.74 Å². The number of ether oxygens (including phenoxy) is 1. The van der Waals surface area contributed by atoms with E-state index in [2.05, 4.69) is 17.5 Å². The Morgan fingerprint density at radius 3 is 2.43 bits per heavy atom. The van der Waals surface area contributed by atoms with E-state index in [1.807, 2.05) is 11.4 Å². The Bertz CT molecular complexity index is 740. The summed E-state index contributed by atoms with van der Waals surface area (Å²) in [5.41, 5.74) is 3.37. The normalized spacial score (nSPS) is 10.9. The summed E-state index contributed by atoms with van der Waals surface area (Å²) in [6.45, 7) is 2.21. The fourth-order valence-electron chi connectivity index (χ4n) is 2.65. The van der Waals surface area contributed by atoms with Crippen LogP contribution in [0.1, 0.15) is 73.5 Å². The van der Waals surface area contributed by atoms with Gasteiger partial charge in [0.05, 0.1) is 6.21 Å². The van der Waals surface area contributed by atoms with Gasteiger partial charge in [-0.2, -0.15) is 5.10 Å². The number of rotatable bonds is 12. The van der Waals surface area contributed by atoms with Crippen LogP contribution in [0.4, 0.5) is 0 Å². The van der Waals surface area contributed by atoms with E-state index in [0.717, 1.165) is 18.4 Å². The SMILES string of the molecule is CCCCCCCCCC(=O)N/N=C\c1ccc(OC(=O)c2cccs2)cc1. The molecule has 1 aromatic carbocycles. The van der Waals surface area contributed by atoms with Crippen LogP contribution in [0.15, 0.2) is 46.9 Å². The molecule has 150 valence electrons. The van der Waals surface area contributed by atoms with Crippen molar-refractivity contribution in [1.82, 2.24) is 5.43 Å². The lowest BCUT2D eigenvalue weighted by atomic mass is 10.1. The largest absolute Gasteiger partial charge is 0.422 e. The topological polar surface area (TPSA) is 67.8 Å². The quantitative estimate of drug-likeness (QED) is 0.167. The first-order chi connectivity index (χ1) is 13.7. The molecule has 1 N–H and O–H groups in total. The van der Waals surface area contributed by atoms with E-state index >= 15 is 0 Å². The first kappa shape index (κ1) is 21.8. The zero-order valence-electron chi connectivity index (χ0n) is 16.4. The van der Waals surface area contributed by atoms with Gasteiger partial charge in [-0.05, 0) is 47.7 Å². The van der Waals surface area contributed by atoms with Crippen LogP contribution < -0.4 is 10.2 Å². The summed E-state index contributed by atoms with van der Waals surface area (Å²) in [5, 5.41) is 5.81. The number of carbonyl (C=O) groups is 2. The van der Waals surface area contributed by atoms with Gasteiger partial charge in [-0.1, -0.05) is 51.5 Å². The van der Waals surface area contributed by atoms with Crippen molar-refractivity contribution in [2.24, 2.45) is 5.10 Å². The molecule has 0 spiro atoms. The van der Waals surface area contributed by atoms with E-state index in [9.17, 15) is 9.59 Å². The Morgan fingerprint density at radius 2 is 1.75 bits per heavy atom. The van der Waals surface area contributed by atoms with Gasteiger partial charge < -0.3 is 4.74 Å². The van der Waals surface area contributed by atoms with Crippen LogP contribution in [0.2, 0.25) is 0 Å². The van der Waals surface area contributed by atoms with Crippen molar-refractivity contribution in [2.75, 3.05) is 0 Å². The summed E-state index contributed by atoms with van der Waals surface area (Å²) in [7, 11) is 0. The third kappa shape index (κ3) is 8.48. The van der Waals surface area contributed by atoms with Crippen molar-refractivity contribution in [3.05, 3.63) is 52.2 Å². The van der Waals surface area contributed by atoms with Crippen LogP contribution in [0.25, 0.3) is 0 Å². The molecule has 1 aromatic heterocycles. The maximum absolute atomic E-state index is 11.9. The number of esters is 1. The van der Waals surface area contributed by atoms with E-state index in [1.165, 1.54) is 43.4 Å². The first-order valence-corrected chi connectivity index (χ1v) is 10.7. The fraction of sp³-hybridized carbons (Fsp3) is 0.409. The number of benzene rings is 1. The maximum Gasteiger partial charge on any atom is 0.353 e. The van der Waals surface area contributed by atoms with Gasteiger partial charge in [0.15, 0.2) is 0 Å². The lowest BCUT2D eigenvalue weighted by Gasteiger charge is -2.03. The predicted octanol–water partition coefficient (Wildman–Crippen LogP) is 5.56. The Labute approximate surface area is 170 Å². The number of hydrogen-bond donors (Lipinski definition) is 1. The fourth-order valence-corrected chi connectivity index (χ4v) is 3.25. The second kappa shape index (κ2) is 12.8. The molecule has 5 nitrogen and oxygen atoms in total. The molecule has 1 amide bonds. The smallest absolute Gasteiger partial charge is 0.353 e. The summed E-state index contributed by atoms with van der Waals surface area (Å²) < 4.78 is 5.30. The molecule has 0 saturated carbocycles. The standard InChI is InChI=1S/C22H28N2O3S/c1-2-3-4-5-6-7-8-11-21(25)24-23-17-18-12-14-19(15-13-18)27-22(26)20-10-9-16-28-20/h9-10,12-17H,2-8,11H2,1H3,(H,24,25)/b23-17-. The molecule has 2 rings (SSSR count). The van der Waals surface area contributed by atoms with Crippen LogP contribution in [0, 0.1) is 0 Å². The molecule has 0 aliphatic heterocycles. The lowest BCUT2D eigenvalue weighted by molar-refractivity contribution is -0.121. The molecule has 2 aromatic rings. The molecule has 0 saturated heterocycles. The van der Waals surface area contributed by atoms with Crippen LogP contribution in [0.3, 0.4) is 0 Å². The molecule has 0 aliphatic rings. The molecule has 0 fully saturated rings. The number of carbonyl (C=O) groups excluding carboxylic acids is 2. The molecule has 0 aliphatic carbocycles. The second-order valence-electron chi connectivity index (χ2n) is 6.60. The second-order valence-corrected chi connectivity index (χ2v) is 7.55. The summed E-state index contributed by atoms with van der Waals surface area (Å²) in [5.74, 6) is 0.0406. The van der Waals surface area contributed by atoms with Crippen molar-refractivity contribution in [3.63, 3.8) is 0 Å². The third-order valence-corrected chi connectivity index (χ3v) is 5.07. The molecule has 0 radical (unpaired) electrons. The third-order valence-electron chi connectivity index (χ3n) is 4.22. The van der Waals surface area contributed by atoms with Gasteiger partial charge in [0.1, 0.15) is 10.6 Å². The van der Waals surface area contributed by atoms with Crippen LogP contribution in [-0.4, -0.2) is 18.1 Å². The van der Waals surface area contributed by atoms with Crippen molar-refractivity contribution >= 4 is 29.4 Å². The molecule has 6 heteroatoms. The Balaban J connectivity index is 1.64. The van der Waals surface area contributed by atoms with E-state index in [1.54, 1.807) is 36.5 Å². The monoisotopic (exact) mass is 400 g/mol. The van der Waals surface area contributed by atoms with E-state index < -0.39 is 0 Å². The number of thiophene rings is 1. The van der Waals surface area contributed by atoms with Crippen molar-refractivity contribution < 1.29 is 14.3 Å². The minimum absolute atomic E-state index is 0.0636. The van der Waals surface area contributed by atoms with Gasteiger partial charge in [-0.3, -0.25) is 4.79 Å². The Hall–Kier alpha value is -2.47. The zero-order valence-corrected chi connectivity index (χ0v) is 17.2. The molecular formula is C22H28N2O3S. The number of hydrazone groups is 1. The highest BCUT2D eigenvalue weighted by Gasteiger charge is 2.08. The van der Waals surface area contributed by atoms with Crippen molar-refractivity contribution in [3.8, 4) is 5.75 Å². The highest BCUT2D eigenvalue weighted by atomic mass is 32.1. The lowest BCUT2D eigenvalue weighted by Crippen LogP contribution is -2.16. The zero-order chi connectivity index (χ0) is 20.0. The summed E-state index contributed by atoms with van der Waals surface area (Å²) >= 11 is 1.34. The van der Waals surface area contributed by atoms with E-state index in [-0.39, 0.29) is 11.9 Å². The summed E-state index contributed by atoms with van der Waals surface area (Å²) in [4.78, 5) is 24.2. The number of unbranched alkanes of at least 4 members (excludes halogenated alkanes) is 6. The molecule has 0 unspecified atom stereocenters. The van der Waals surface area contributed by atoms with Gasteiger partial charge >= 0.3 is 5.97 Å². The minimum Gasteiger partial charge on any atom is -0.422 e. The molecule has 1 heterocycles. The number of nitrogens with zero attached hydrogens (tertiary/aromatic N) is 1. The van der Waals surface area contributed by atoms with Gasteiger partial charge in [0.25, 0.3) is 0 Å². The molecule has 0 bridgehead atoms. The predicted molar refractivity (Wildman–Crippen MR) is 114 cm³/mol. The van der Waals surface area contributed by atoms with Gasteiger partial charge in [-0.15, -0.1) is 11.3 Å². The van der Waals surface area contributed by atoms with Gasteiger partial charge in [-0.25, -0.2) is 10.2 Å². The Morgan fingerprint density at radius 1 is 1.04 bits per heavy atom. The van der Waals surface area contributed by atoms with Crippen molar-refractivity contribution in [2.45, 2.75) is 58.3 Å². The minimum atomic E-state index is -0.367. The molecule has 0 atom stereocenters. The van der Waals surface area contributed by atoms with Gasteiger partial charge in [0.2, 0.25) is 5.91 Å². The molecular weight excluding hydrogens is 372 g/mol. The first-order valence-electron chi connectivity index (χ1n) is 9.86. The van der Waals surface area contributed by atoms with Crippen LogP contribution >= 0.6 is 11.3 Å². The highest BCUT2D eigenvalue weighted by molar-refractivity contribution is 7.12.